The molecule has 0 spiro atoms. The van der Waals surface area contributed by atoms with Gasteiger partial charge in [-0.25, -0.2) is 4.79 Å². The SMILES string of the molecule is CN(CCC(C)(C)C)Cc1ccc(C(=O)O)cc1. The lowest BCUT2D eigenvalue weighted by Crippen LogP contribution is -2.23. The third-order valence-electron chi connectivity index (χ3n) is 2.90. The molecule has 3 nitrogen and oxygen atoms in total. The van der Waals surface area contributed by atoms with E-state index in [1.54, 1.807) is 12.1 Å². The van der Waals surface area contributed by atoms with Gasteiger partial charge in [-0.1, -0.05) is 32.9 Å². The van der Waals surface area contributed by atoms with E-state index in [0.717, 1.165) is 25.1 Å². The smallest absolute Gasteiger partial charge is 0.335 e. The Labute approximate surface area is 109 Å². The molecule has 0 fully saturated rings. The number of carboxylic acids is 1. The fourth-order valence-corrected chi connectivity index (χ4v) is 1.67. The second kappa shape index (κ2) is 6.01. The van der Waals surface area contributed by atoms with Crippen LogP contribution in [0.4, 0.5) is 0 Å². The molecule has 0 aliphatic rings. The molecule has 0 bridgehead atoms. The summed E-state index contributed by atoms with van der Waals surface area (Å²) < 4.78 is 0. The van der Waals surface area contributed by atoms with Crippen molar-refractivity contribution in [3.63, 3.8) is 0 Å². The number of hydrogen-bond acceptors (Lipinski definition) is 2. The Bertz CT molecular complexity index is 390. The summed E-state index contributed by atoms with van der Waals surface area (Å²) in [6.07, 6.45) is 1.15. The van der Waals surface area contributed by atoms with E-state index < -0.39 is 5.97 Å². The van der Waals surface area contributed by atoms with E-state index in [1.165, 1.54) is 0 Å². The topological polar surface area (TPSA) is 40.5 Å². The third-order valence-corrected chi connectivity index (χ3v) is 2.90. The Balaban J connectivity index is 2.49. The fraction of sp³-hybridized carbons (Fsp3) is 0.533. The zero-order valence-corrected chi connectivity index (χ0v) is 11.7. The van der Waals surface area contributed by atoms with Crippen LogP contribution in [0.25, 0.3) is 0 Å². The Morgan fingerprint density at radius 2 is 1.78 bits per heavy atom. The molecule has 1 aromatic carbocycles. The van der Waals surface area contributed by atoms with Crippen LogP contribution in [0.5, 0.6) is 0 Å². The predicted molar refractivity (Wildman–Crippen MR) is 73.8 cm³/mol. The minimum atomic E-state index is -0.873. The Hall–Kier alpha value is -1.35. The van der Waals surface area contributed by atoms with Gasteiger partial charge in [0.15, 0.2) is 0 Å². The second-order valence-corrected chi connectivity index (χ2v) is 6.05. The first-order valence-corrected chi connectivity index (χ1v) is 6.29. The maximum Gasteiger partial charge on any atom is 0.335 e. The average Bonchev–Trinajstić information content (AvgIpc) is 2.26. The summed E-state index contributed by atoms with van der Waals surface area (Å²) in [5, 5.41) is 8.82. The summed E-state index contributed by atoms with van der Waals surface area (Å²) in [5.41, 5.74) is 1.84. The monoisotopic (exact) mass is 249 g/mol. The van der Waals surface area contributed by atoms with Crippen LogP contribution in [-0.4, -0.2) is 29.6 Å². The molecular formula is C15H23NO2. The minimum absolute atomic E-state index is 0.344. The number of carbonyl (C=O) groups is 1. The maximum absolute atomic E-state index is 10.7. The van der Waals surface area contributed by atoms with Gasteiger partial charge >= 0.3 is 5.97 Å². The van der Waals surface area contributed by atoms with Crippen molar-refractivity contribution >= 4 is 5.97 Å². The molecule has 0 saturated heterocycles. The van der Waals surface area contributed by atoms with Gasteiger partial charge in [0.2, 0.25) is 0 Å². The van der Waals surface area contributed by atoms with Crippen molar-refractivity contribution in [2.24, 2.45) is 5.41 Å². The van der Waals surface area contributed by atoms with E-state index in [2.05, 4.69) is 32.7 Å². The standard InChI is InChI=1S/C15H23NO2/c1-15(2,3)9-10-16(4)11-12-5-7-13(8-6-12)14(17)18/h5-8H,9-11H2,1-4H3,(H,17,18). The highest BCUT2D eigenvalue weighted by atomic mass is 16.4. The highest BCUT2D eigenvalue weighted by Gasteiger charge is 2.11. The molecule has 0 amide bonds. The second-order valence-electron chi connectivity index (χ2n) is 6.05. The molecule has 0 saturated carbocycles. The largest absolute Gasteiger partial charge is 0.478 e. The van der Waals surface area contributed by atoms with Crippen molar-refractivity contribution in [1.29, 1.82) is 0 Å². The van der Waals surface area contributed by atoms with Gasteiger partial charge in [-0.2, -0.15) is 0 Å². The minimum Gasteiger partial charge on any atom is -0.478 e. The molecule has 1 N–H and O–H groups in total. The highest BCUT2D eigenvalue weighted by molar-refractivity contribution is 5.87. The van der Waals surface area contributed by atoms with E-state index >= 15 is 0 Å². The number of nitrogens with zero attached hydrogens (tertiary/aromatic N) is 1. The number of benzene rings is 1. The first kappa shape index (κ1) is 14.7. The number of rotatable bonds is 5. The summed E-state index contributed by atoms with van der Waals surface area (Å²) in [7, 11) is 2.09. The molecule has 0 radical (unpaired) electrons. The summed E-state index contributed by atoms with van der Waals surface area (Å²) >= 11 is 0. The van der Waals surface area contributed by atoms with Crippen LogP contribution in [0.2, 0.25) is 0 Å². The van der Waals surface area contributed by atoms with Crippen LogP contribution in [0.1, 0.15) is 43.1 Å². The molecule has 0 aromatic heterocycles. The molecule has 0 heterocycles. The molecule has 100 valence electrons. The van der Waals surface area contributed by atoms with Gasteiger partial charge in [-0.15, -0.1) is 0 Å². The summed E-state index contributed by atoms with van der Waals surface area (Å²) in [6, 6.07) is 7.10. The van der Waals surface area contributed by atoms with Crippen LogP contribution in [0.3, 0.4) is 0 Å². The molecule has 18 heavy (non-hydrogen) atoms. The van der Waals surface area contributed by atoms with Crippen LogP contribution < -0.4 is 0 Å². The quantitative estimate of drug-likeness (QED) is 0.870. The van der Waals surface area contributed by atoms with E-state index in [0.29, 0.717) is 11.0 Å². The lowest BCUT2D eigenvalue weighted by atomic mass is 9.92. The molecule has 0 aliphatic carbocycles. The number of hydrogen-bond donors (Lipinski definition) is 1. The van der Waals surface area contributed by atoms with Crippen molar-refractivity contribution in [3.8, 4) is 0 Å². The van der Waals surface area contributed by atoms with Crippen molar-refractivity contribution in [3.05, 3.63) is 35.4 Å². The Morgan fingerprint density at radius 1 is 1.22 bits per heavy atom. The van der Waals surface area contributed by atoms with Gasteiger partial charge in [0.1, 0.15) is 0 Å². The van der Waals surface area contributed by atoms with Crippen LogP contribution in [0, 0.1) is 5.41 Å². The normalized spacial score (nSPS) is 11.8. The summed E-state index contributed by atoms with van der Waals surface area (Å²) in [4.78, 5) is 13.0. The zero-order valence-electron chi connectivity index (χ0n) is 11.7. The predicted octanol–water partition coefficient (Wildman–Crippen LogP) is 3.25. The molecule has 1 aromatic rings. The molecule has 0 atom stereocenters. The van der Waals surface area contributed by atoms with E-state index in [-0.39, 0.29) is 0 Å². The van der Waals surface area contributed by atoms with Crippen molar-refractivity contribution in [1.82, 2.24) is 4.90 Å². The van der Waals surface area contributed by atoms with Crippen molar-refractivity contribution in [2.75, 3.05) is 13.6 Å². The summed E-state index contributed by atoms with van der Waals surface area (Å²) in [5.74, 6) is -0.873. The average molecular weight is 249 g/mol. The van der Waals surface area contributed by atoms with Gasteiger partial charge in [0, 0.05) is 6.54 Å². The van der Waals surface area contributed by atoms with Crippen LogP contribution >= 0.6 is 0 Å². The first-order chi connectivity index (χ1) is 8.28. The molecule has 0 unspecified atom stereocenters. The lowest BCUT2D eigenvalue weighted by Gasteiger charge is -2.23. The van der Waals surface area contributed by atoms with E-state index in [4.69, 9.17) is 5.11 Å². The van der Waals surface area contributed by atoms with Crippen LogP contribution in [-0.2, 0) is 6.54 Å². The van der Waals surface area contributed by atoms with Crippen LogP contribution in [0.15, 0.2) is 24.3 Å². The van der Waals surface area contributed by atoms with Gasteiger partial charge < -0.3 is 10.0 Å². The zero-order chi connectivity index (χ0) is 13.8. The summed E-state index contributed by atoms with van der Waals surface area (Å²) in [6.45, 7) is 8.62. The number of carboxylic acid groups (broad SMARTS) is 1. The molecular weight excluding hydrogens is 226 g/mol. The molecule has 1 rings (SSSR count). The van der Waals surface area contributed by atoms with Gasteiger partial charge in [-0.05, 0) is 43.1 Å². The van der Waals surface area contributed by atoms with E-state index in [1.807, 2.05) is 12.1 Å². The maximum atomic E-state index is 10.7. The van der Waals surface area contributed by atoms with Crippen molar-refractivity contribution < 1.29 is 9.90 Å². The fourth-order valence-electron chi connectivity index (χ4n) is 1.67. The third kappa shape index (κ3) is 5.32. The van der Waals surface area contributed by atoms with Gasteiger partial charge in [-0.3, -0.25) is 0 Å². The lowest BCUT2D eigenvalue weighted by molar-refractivity contribution is 0.0697. The van der Waals surface area contributed by atoms with E-state index in [9.17, 15) is 4.79 Å². The number of aromatic carboxylic acids is 1. The molecule has 0 aliphatic heterocycles. The van der Waals surface area contributed by atoms with Gasteiger partial charge in [0.25, 0.3) is 0 Å². The first-order valence-electron chi connectivity index (χ1n) is 6.29. The molecule has 3 heteroatoms. The Morgan fingerprint density at radius 3 is 2.22 bits per heavy atom. The highest BCUT2D eigenvalue weighted by Crippen LogP contribution is 2.19. The Kier molecular flexibility index (Phi) is 4.91. The van der Waals surface area contributed by atoms with Gasteiger partial charge in [0.05, 0.1) is 5.56 Å². The van der Waals surface area contributed by atoms with Crippen molar-refractivity contribution in [2.45, 2.75) is 33.7 Å².